The van der Waals surface area contributed by atoms with Crippen LogP contribution < -0.4 is 5.32 Å². The van der Waals surface area contributed by atoms with Gasteiger partial charge >= 0.3 is 0 Å². The van der Waals surface area contributed by atoms with Crippen LogP contribution in [-0.2, 0) is 0 Å². The summed E-state index contributed by atoms with van der Waals surface area (Å²) in [6.45, 7) is 15.0. The third kappa shape index (κ3) is 6.85. The minimum atomic E-state index is 0.764. The molecule has 0 amide bonds. The summed E-state index contributed by atoms with van der Waals surface area (Å²) in [4.78, 5) is 2.60. The van der Waals surface area contributed by atoms with Gasteiger partial charge < -0.3 is 5.32 Å². The molecular weight excluding hydrogens is 208 g/mol. The molecule has 0 aromatic rings. The number of rotatable bonds is 6. The van der Waals surface area contributed by atoms with Crippen molar-refractivity contribution in [3.63, 3.8) is 0 Å². The fourth-order valence-electron chi connectivity index (χ4n) is 2.37. The van der Waals surface area contributed by atoms with Crippen LogP contribution in [0.2, 0.25) is 0 Å². The standard InChI is InChI=1S/C15H30N2/c1-13(2)7-9-17-8-5-6-15(12-17)11-16-10-14(3)4/h7,14-16H,5-6,8-12H2,1-4H3. The summed E-state index contributed by atoms with van der Waals surface area (Å²) in [5, 5.41) is 3.60. The molecule has 100 valence electrons. The summed E-state index contributed by atoms with van der Waals surface area (Å²) in [7, 11) is 0. The van der Waals surface area contributed by atoms with E-state index >= 15 is 0 Å². The first kappa shape index (κ1) is 14.7. The molecule has 1 rings (SSSR count). The summed E-state index contributed by atoms with van der Waals surface area (Å²) >= 11 is 0. The second-order valence-corrected chi connectivity index (χ2v) is 6.10. The number of nitrogens with zero attached hydrogens (tertiary/aromatic N) is 1. The molecule has 0 aromatic heterocycles. The van der Waals surface area contributed by atoms with Crippen molar-refractivity contribution >= 4 is 0 Å². The molecule has 0 aromatic carbocycles. The third-order valence-corrected chi connectivity index (χ3v) is 3.35. The van der Waals surface area contributed by atoms with Crippen molar-refractivity contribution in [1.82, 2.24) is 10.2 Å². The largest absolute Gasteiger partial charge is 0.316 e. The second kappa shape index (κ2) is 7.88. The highest BCUT2D eigenvalue weighted by atomic mass is 15.1. The van der Waals surface area contributed by atoms with Crippen molar-refractivity contribution in [2.75, 3.05) is 32.7 Å². The van der Waals surface area contributed by atoms with Gasteiger partial charge in [0.2, 0.25) is 0 Å². The first-order valence-corrected chi connectivity index (χ1v) is 7.14. The lowest BCUT2D eigenvalue weighted by molar-refractivity contribution is 0.187. The summed E-state index contributed by atoms with van der Waals surface area (Å²) in [6, 6.07) is 0. The summed E-state index contributed by atoms with van der Waals surface area (Å²) in [6.07, 6.45) is 5.12. The van der Waals surface area contributed by atoms with E-state index in [2.05, 4.69) is 44.0 Å². The molecule has 17 heavy (non-hydrogen) atoms. The van der Waals surface area contributed by atoms with Gasteiger partial charge in [0.25, 0.3) is 0 Å². The average molecular weight is 238 g/mol. The van der Waals surface area contributed by atoms with Gasteiger partial charge in [0.15, 0.2) is 0 Å². The van der Waals surface area contributed by atoms with Crippen LogP contribution in [0.4, 0.5) is 0 Å². The highest BCUT2D eigenvalue weighted by molar-refractivity contribution is 4.95. The quantitative estimate of drug-likeness (QED) is 0.716. The van der Waals surface area contributed by atoms with Gasteiger partial charge in [-0.1, -0.05) is 25.5 Å². The Morgan fingerprint density at radius 3 is 2.82 bits per heavy atom. The Morgan fingerprint density at radius 2 is 2.18 bits per heavy atom. The van der Waals surface area contributed by atoms with Gasteiger partial charge in [-0.05, 0) is 58.2 Å². The highest BCUT2D eigenvalue weighted by Gasteiger charge is 2.18. The van der Waals surface area contributed by atoms with Gasteiger partial charge in [-0.3, -0.25) is 4.90 Å². The van der Waals surface area contributed by atoms with E-state index in [1.165, 1.54) is 38.0 Å². The molecule has 2 nitrogen and oxygen atoms in total. The molecule has 1 unspecified atom stereocenters. The molecule has 0 spiro atoms. The first-order chi connectivity index (χ1) is 8.08. The lowest BCUT2D eigenvalue weighted by Crippen LogP contribution is -2.40. The Morgan fingerprint density at radius 1 is 1.41 bits per heavy atom. The zero-order chi connectivity index (χ0) is 12.7. The number of hydrogen-bond donors (Lipinski definition) is 1. The van der Waals surface area contributed by atoms with Crippen molar-refractivity contribution in [3.05, 3.63) is 11.6 Å². The van der Waals surface area contributed by atoms with Crippen LogP contribution in [0.15, 0.2) is 11.6 Å². The van der Waals surface area contributed by atoms with E-state index in [4.69, 9.17) is 0 Å². The molecule has 1 aliphatic heterocycles. The van der Waals surface area contributed by atoms with Crippen LogP contribution in [-0.4, -0.2) is 37.6 Å². The topological polar surface area (TPSA) is 15.3 Å². The molecule has 1 heterocycles. The van der Waals surface area contributed by atoms with Gasteiger partial charge in [0, 0.05) is 13.1 Å². The van der Waals surface area contributed by atoms with E-state index in [1.807, 2.05) is 0 Å². The van der Waals surface area contributed by atoms with Crippen LogP contribution in [0.3, 0.4) is 0 Å². The Kier molecular flexibility index (Phi) is 6.83. The lowest BCUT2D eigenvalue weighted by atomic mass is 9.97. The van der Waals surface area contributed by atoms with Gasteiger partial charge in [-0.25, -0.2) is 0 Å². The normalized spacial score (nSPS) is 21.8. The fourth-order valence-corrected chi connectivity index (χ4v) is 2.37. The Labute approximate surface area is 107 Å². The lowest BCUT2D eigenvalue weighted by Gasteiger charge is -2.32. The SMILES string of the molecule is CC(C)=CCN1CCCC(CNCC(C)C)C1. The van der Waals surface area contributed by atoms with Crippen molar-refractivity contribution in [1.29, 1.82) is 0 Å². The Hall–Kier alpha value is -0.340. The van der Waals surface area contributed by atoms with Crippen molar-refractivity contribution < 1.29 is 0 Å². The second-order valence-electron chi connectivity index (χ2n) is 6.10. The van der Waals surface area contributed by atoms with Crippen molar-refractivity contribution in [3.8, 4) is 0 Å². The third-order valence-electron chi connectivity index (χ3n) is 3.35. The van der Waals surface area contributed by atoms with E-state index < -0.39 is 0 Å². The summed E-state index contributed by atoms with van der Waals surface area (Å²) < 4.78 is 0. The predicted molar refractivity (Wildman–Crippen MR) is 76.3 cm³/mol. The minimum Gasteiger partial charge on any atom is -0.316 e. The smallest absolute Gasteiger partial charge is 0.0165 e. The molecule has 0 aliphatic carbocycles. The number of hydrogen-bond acceptors (Lipinski definition) is 2. The molecule has 2 heteroatoms. The van der Waals surface area contributed by atoms with Crippen LogP contribution in [0, 0.1) is 11.8 Å². The molecule has 1 fully saturated rings. The van der Waals surface area contributed by atoms with Gasteiger partial charge in [-0.15, -0.1) is 0 Å². The molecule has 1 saturated heterocycles. The minimum absolute atomic E-state index is 0.764. The monoisotopic (exact) mass is 238 g/mol. The molecule has 1 N–H and O–H groups in total. The molecular formula is C15H30N2. The fraction of sp³-hybridized carbons (Fsp3) is 0.867. The van der Waals surface area contributed by atoms with Crippen LogP contribution in [0.5, 0.6) is 0 Å². The van der Waals surface area contributed by atoms with Crippen LogP contribution >= 0.6 is 0 Å². The maximum absolute atomic E-state index is 3.60. The zero-order valence-electron chi connectivity index (χ0n) is 12.1. The molecule has 1 atom stereocenters. The van der Waals surface area contributed by atoms with Crippen LogP contribution in [0.1, 0.15) is 40.5 Å². The van der Waals surface area contributed by atoms with Crippen molar-refractivity contribution in [2.45, 2.75) is 40.5 Å². The van der Waals surface area contributed by atoms with E-state index in [-0.39, 0.29) is 0 Å². The van der Waals surface area contributed by atoms with E-state index in [0.717, 1.165) is 24.9 Å². The summed E-state index contributed by atoms with van der Waals surface area (Å²) in [5.74, 6) is 1.62. The van der Waals surface area contributed by atoms with Crippen LogP contribution in [0.25, 0.3) is 0 Å². The molecule has 1 aliphatic rings. The zero-order valence-corrected chi connectivity index (χ0v) is 12.1. The van der Waals surface area contributed by atoms with Crippen molar-refractivity contribution in [2.24, 2.45) is 11.8 Å². The first-order valence-electron chi connectivity index (χ1n) is 7.14. The summed E-state index contributed by atoms with van der Waals surface area (Å²) in [5.41, 5.74) is 1.44. The van der Waals surface area contributed by atoms with Gasteiger partial charge in [-0.2, -0.15) is 0 Å². The molecule has 0 saturated carbocycles. The van der Waals surface area contributed by atoms with E-state index in [9.17, 15) is 0 Å². The van der Waals surface area contributed by atoms with E-state index in [0.29, 0.717) is 0 Å². The van der Waals surface area contributed by atoms with Gasteiger partial charge in [0.05, 0.1) is 0 Å². The molecule has 0 bridgehead atoms. The van der Waals surface area contributed by atoms with Gasteiger partial charge in [0.1, 0.15) is 0 Å². The van der Waals surface area contributed by atoms with E-state index in [1.54, 1.807) is 0 Å². The predicted octanol–water partition coefficient (Wildman–Crippen LogP) is 2.91. The highest BCUT2D eigenvalue weighted by Crippen LogP contribution is 2.15. The Bertz CT molecular complexity index is 229. The maximum Gasteiger partial charge on any atom is 0.0165 e. The maximum atomic E-state index is 3.60. The number of piperidine rings is 1. The average Bonchev–Trinajstić information content (AvgIpc) is 2.26. The Balaban J connectivity index is 2.21. The number of nitrogens with one attached hydrogen (secondary N) is 1. The number of allylic oxidation sites excluding steroid dienone is 1. The molecule has 0 radical (unpaired) electrons. The number of likely N-dealkylation sites (tertiary alicyclic amines) is 1.